The van der Waals surface area contributed by atoms with Gasteiger partial charge in [0, 0.05) is 41.6 Å². The van der Waals surface area contributed by atoms with Crippen LogP contribution in [-0.4, -0.2) is 22.5 Å². The largest absolute Gasteiger partial charge is 0.355 e. The van der Waals surface area contributed by atoms with Gasteiger partial charge in [0.2, 0.25) is 0 Å². The second-order valence-electron chi connectivity index (χ2n) is 6.28. The lowest BCUT2D eigenvalue weighted by molar-refractivity contribution is 0.0963. The zero-order valence-electron chi connectivity index (χ0n) is 13.9. The lowest BCUT2D eigenvalue weighted by atomic mass is 10.0. The Hall–Kier alpha value is -2.59. The molecular formula is C20H18ClN3O. The number of hydrogen-bond donors (Lipinski definition) is 1. The fraction of sp³-hybridized carbons (Fsp3) is 0.200. The SMILES string of the molecule is CNC(=O)c1cc(-c2ccc(Cl)cc2)cc(-n2ccnc2C2CC2)c1. The van der Waals surface area contributed by atoms with Crippen LogP contribution in [0.25, 0.3) is 16.8 Å². The van der Waals surface area contributed by atoms with Crippen molar-refractivity contribution < 1.29 is 4.79 Å². The number of benzene rings is 2. The molecule has 1 fully saturated rings. The number of carbonyl (C=O) groups is 1. The number of nitrogens with one attached hydrogen (secondary N) is 1. The summed E-state index contributed by atoms with van der Waals surface area (Å²) in [6.07, 6.45) is 6.14. The van der Waals surface area contributed by atoms with Crippen LogP contribution >= 0.6 is 11.6 Å². The normalized spacial score (nSPS) is 13.7. The highest BCUT2D eigenvalue weighted by Gasteiger charge is 2.28. The van der Waals surface area contributed by atoms with Crippen LogP contribution in [0.5, 0.6) is 0 Å². The molecule has 1 N–H and O–H groups in total. The summed E-state index contributed by atoms with van der Waals surface area (Å²) in [7, 11) is 1.64. The van der Waals surface area contributed by atoms with Crippen LogP contribution in [0.1, 0.15) is 34.9 Å². The van der Waals surface area contributed by atoms with Crippen molar-refractivity contribution in [1.82, 2.24) is 14.9 Å². The van der Waals surface area contributed by atoms with Gasteiger partial charge in [-0.3, -0.25) is 4.79 Å². The van der Waals surface area contributed by atoms with Crippen LogP contribution in [0.15, 0.2) is 54.9 Å². The van der Waals surface area contributed by atoms with Gasteiger partial charge in [-0.25, -0.2) is 4.98 Å². The van der Waals surface area contributed by atoms with E-state index in [1.807, 2.05) is 48.8 Å². The first-order valence-electron chi connectivity index (χ1n) is 8.32. The summed E-state index contributed by atoms with van der Waals surface area (Å²) in [5, 5.41) is 3.40. The number of hydrogen-bond acceptors (Lipinski definition) is 2. The van der Waals surface area contributed by atoms with E-state index in [2.05, 4.69) is 20.9 Å². The van der Waals surface area contributed by atoms with E-state index in [-0.39, 0.29) is 5.91 Å². The summed E-state index contributed by atoms with van der Waals surface area (Å²) in [6, 6.07) is 13.5. The first kappa shape index (κ1) is 15.9. The Morgan fingerprint density at radius 1 is 1.16 bits per heavy atom. The van der Waals surface area contributed by atoms with Crippen LogP contribution in [0.2, 0.25) is 5.02 Å². The van der Waals surface area contributed by atoms with E-state index in [0.717, 1.165) is 22.6 Å². The van der Waals surface area contributed by atoms with Crippen molar-refractivity contribution in [3.8, 4) is 16.8 Å². The van der Waals surface area contributed by atoms with Gasteiger partial charge in [0.05, 0.1) is 0 Å². The van der Waals surface area contributed by atoms with E-state index in [4.69, 9.17) is 11.6 Å². The standard InChI is InChI=1S/C20H18ClN3O/c1-22-20(25)16-10-15(13-4-6-17(21)7-5-13)11-18(12-16)24-9-8-23-19(24)14-2-3-14/h4-12,14H,2-3H2,1H3,(H,22,25). The Morgan fingerprint density at radius 3 is 2.60 bits per heavy atom. The maximum Gasteiger partial charge on any atom is 0.251 e. The third-order valence-corrected chi connectivity index (χ3v) is 4.73. The Morgan fingerprint density at radius 2 is 1.92 bits per heavy atom. The molecule has 1 aromatic heterocycles. The van der Waals surface area contributed by atoms with E-state index in [1.54, 1.807) is 7.05 Å². The summed E-state index contributed by atoms with van der Waals surface area (Å²) in [5.41, 5.74) is 3.57. The number of rotatable bonds is 4. The monoisotopic (exact) mass is 351 g/mol. The highest BCUT2D eigenvalue weighted by molar-refractivity contribution is 6.30. The number of carbonyl (C=O) groups excluding carboxylic acids is 1. The molecule has 0 saturated heterocycles. The summed E-state index contributed by atoms with van der Waals surface area (Å²) < 4.78 is 2.09. The molecular weight excluding hydrogens is 334 g/mol. The van der Waals surface area contributed by atoms with Crippen LogP contribution < -0.4 is 5.32 Å². The van der Waals surface area contributed by atoms with Crippen molar-refractivity contribution in [3.63, 3.8) is 0 Å². The molecule has 0 atom stereocenters. The van der Waals surface area contributed by atoms with E-state index < -0.39 is 0 Å². The Kier molecular flexibility index (Phi) is 4.06. The minimum absolute atomic E-state index is 0.106. The van der Waals surface area contributed by atoms with Gasteiger partial charge in [-0.05, 0) is 54.3 Å². The average molecular weight is 352 g/mol. The molecule has 126 valence electrons. The predicted molar refractivity (Wildman–Crippen MR) is 99.4 cm³/mol. The molecule has 1 heterocycles. The van der Waals surface area contributed by atoms with Gasteiger partial charge in [-0.1, -0.05) is 23.7 Å². The molecule has 0 radical (unpaired) electrons. The van der Waals surface area contributed by atoms with Crippen molar-refractivity contribution in [2.75, 3.05) is 7.05 Å². The minimum Gasteiger partial charge on any atom is -0.355 e. The molecule has 4 rings (SSSR count). The molecule has 1 aliphatic rings. The Labute approximate surface area is 151 Å². The molecule has 1 aliphatic carbocycles. The maximum absolute atomic E-state index is 12.2. The lowest BCUT2D eigenvalue weighted by Gasteiger charge is -2.12. The second kappa shape index (κ2) is 6.37. The van der Waals surface area contributed by atoms with Crippen molar-refractivity contribution in [3.05, 3.63) is 71.3 Å². The van der Waals surface area contributed by atoms with Gasteiger partial charge in [-0.2, -0.15) is 0 Å². The number of imidazole rings is 1. The average Bonchev–Trinajstić information content (AvgIpc) is 3.37. The van der Waals surface area contributed by atoms with Gasteiger partial charge in [-0.15, -0.1) is 0 Å². The Balaban J connectivity index is 1.85. The van der Waals surface area contributed by atoms with Gasteiger partial charge in [0.25, 0.3) is 5.91 Å². The number of aromatic nitrogens is 2. The smallest absolute Gasteiger partial charge is 0.251 e. The van der Waals surface area contributed by atoms with Crippen LogP contribution in [0, 0.1) is 0 Å². The number of halogens is 1. The first-order valence-corrected chi connectivity index (χ1v) is 8.70. The molecule has 1 amide bonds. The summed E-state index contributed by atoms with van der Waals surface area (Å²) in [6.45, 7) is 0. The summed E-state index contributed by atoms with van der Waals surface area (Å²) in [5.74, 6) is 1.49. The van der Waals surface area contributed by atoms with Gasteiger partial charge in [0.15, 0.2) is 0 Å². The molecule has 25 heavy (non-hydrogen) atoms. The van der Waals surface area contributed by atoms with E-state index in [1.165, 1.54) is 12.8 Å². The van der Waals surface area contributed by atoms with Crippen molar-refractivity contribution in [1.29, 1.82) is 0 Å². The topological polar surface area (TPSA) is 46.9 Å². The molecule has 5 heteroatoms. The number of amides is 1. The van der Waals surface area contributed by atoms with Crippen molar-refractivity contribution in [2.45, 2.75) is 18.8 Å². The third-order valence-electron chi connectivity index (χ3n) is 4.47. The van der Waals surface area contributed by atoms with Crippen molar-refractivity contribution in [2.24, 2.45) is 0 Å². The molecule has 0 spiro atoms. The molecule has 2 aromatic carbocycles. The zero-order chi connectivity index (χ0) is 17.4. The highest BCUT2D eigenvalue weighted by Crippen LogP contribution is 2.40. The lowest BCUT2D eigenvalue weighted by Crippen LogP contribution is -2.18. The molecule has 0 bridgehead atoms. The van der Waals surface area contributed by atoms with Gasteiger partial charge < -0.3 is 9.88 Å². The van der Waals surface area contributed by atoms with E-state index in [9.17, 15) is 4.79 Å². The van der Waals surface area contributed by atoms with Gasteiger partial charge >= 0.3 is 0 Å². The third kappa shape index (κ3) is 3.17. The minimum atomic E-state index is -0.106. The maximum atomic E-state index is 12.2. The van der Waals surface area contributed by atoms with Crippen LogP contribution in [-0.2, 0) is 0 Å². The molecule has 1 saturated carbocycles. The first-order chi connectivity index (χ1) is 12.2. The van der Waals surface area contributed by atoms with E-state index in [0.29, 0.717) is 16.5 Å². The molecule has 3 aromatic rings. The number of nitrogens with zero attached hydrogens (tertiary/aromatic N) is 2. The second-order valence-corrected chi connectivity index (χ2v) is 6.72. The summed E-state index contributed by atoms with van der Waals surface area (Å²) in [4.78, 5) is 16.8. The fourth-order valence-corrected chi connectivity index (χ4v) is 3.14. The molecule has 4 nitrogen and oxygen atoms in total. The molecule has 0 unspecified atom stereocenters. The van der Waals surface area contributed by atoms with Crippen LogP contribution in [0.3, 0.4) is 0 Å². The predicted octanol–water partition coefficient (Wildman–Crippen LogP) is 4.43. The van der Waals surface area contributed by atoms with Crippen LogP contribution in [0.4, 0.5) is 0 Å². The van der Waals surface area contributed by atoms with Crippen molar-refractivity contribution >= 4 is 17.5 Å². The quantitative estimate of drug-likeness (QED) is 0.755. The summed E-state index contributed by atoms with van der Waals surface area (Å²) >= 11 is 6.00. The fourth-order valence-electron chi connectivity index (χ4n) is 3.01. The highest BCUT2D eigenvalue weighted by atomic mass is 35.5. The van der Waals surface area contributed by atoms with Gasteiger partial charge in [0.1, 0.15) is 5.82 Å². The zero-order valence-corrected chi connectivity index (χ0v) is 14.6. The molecule has 0 aliphatic heterocycles. The van der Waals surface area contributed by atoms with E-state index >= 15 is 0 Å². The Bertz CT molecular complexity index is 926.